The molecule has 3 heterocycles. The maximum Gasteiger partial charge on any atom is 0.269 e. The highest BCUT2D eigenvalue weighted by Crippen LogP contribution is 2.34. The van der Waals surface area contributed by atoms with Gasteiger partial charge in [0.2, 0.25) is 0 Å². The van der Waals surface area contributed by atoms with Gasteiger partial charge in [-0.15, -0.1) is 16.4 Å². The number of amides is 1. The van der Waals surface area contributed by atoms with Crippen LogP contribution in [0.1, 0.15) is 16.2 Å². The predicted octanol–water partition coefficient (Wildman–Crippen LogP) is 4.76. The molecular weight excluding hydrogens is 424 g/mol. The smallest absolute Gasteiger partial charge is 0.269 e. The van der Waals surface area contributed by atoms with E-state index in [1.54, 1.807) is 41.9 Å². The maximum atomic E-state index is 12.9. The molecule has 0 saturated carbocycles. The summed E-state index contributed by atoms with van der Waals surface area (Å²) in [5.41, 5.74) is 0.662. The van der Waals surface area contributed by atoms with Crippen LogP contribution in [0.25, 0.3) is 6.08 Å². The van der Waals surface area contributed by atoms with E-state index in [0.717, 1.165) is 4.88 Å². The lowest BCUT2D eigenvalue weighted by atomic mass is 10.2. The summed E-state index contributed by atoms with van der Waals surface area (Å²) in [6, 6.07) is 13.4. The van der Waals surface area contributed by atoms with E-state index in [0.29, 0.717) is 21.4 Å². The van der Waals surface area contributed by atoms with Crippen LogP contribution in [0.15, 0.2) is 79.7 Å². The summed E-state index contributed by atoms with van der Waals surface area (Å²) in [4.78, 5) is 26.2. The Bertz CT molecular complexity index is 1130. The van der Waals surface area contributed by atoms with Crippen molar-refractivity contribution in [1.29, 1.82) is 0 Å². The number of furan rings is 1. The highest BCUT2D eigenvalue weighted by Gasteiger charge is 2.34. The van der Waals surface area contributed by atoms with E-state index in [1.807, 2.05) is 23.6 Å². The fourth-order valence-electron chi connectivity index (χ4n) is 2.61. The molecule has 1 aliphatic rings. The molecule has 150 valence electrons. The summed E-state index contributed by atoms with van der Waals surface area (Å²) in [7, 11) is 0. The van der Waals surface area contributed by atoms with Gasteiger partial charge in [0.25, 0.3) is 11.6 Å². The van der Waals surface area contributed by atoms with Gasteiger partial charge in [-0.05, 0) is 59.1 Å². The van der Waals surface area contributed by atoms with Gasteiger partial charge < -0.3 is 4.42 Å². The molecule has 1 amide bonds. The highest BCUT2D eigenvalue weighted by atomic mass is 32.2. The van der Waals surface area contributed by atoms with E-state index < -0.39 is 4.92 Å². The van der Waals surface area contributed by atoms with Crippen LogP contribution in [0.5, 0.6) is 0 Å². The molecule has 0 aliphatic carbocycles. The second-order valence-electron chi connectivity index (χ2n) is 6.07. The zero-order valence-corrected chi connectivity index (χ0v) is 17.0. The van der Waals surface area contributed by atoms with E-state index in [9.17, 15) is 14.9 Å². The number of nitro benzene ring substituents is 1. The largest absolute Gasteiger partial charge is 0.467 e. The van der Waals surface area contributed by atoms with E-state index in [2.05, 4.69) is 10.2 Å². The predicted molar refractivity (Wildman–Crippen MR) is 117 cm³/mol. The first-order chi connectivity index (χ1) is 14.6. The van der Waals surface area contributed by atoms with Crippen LogP contribution in [0.4, 0.5) is 5.69 Å². The Labute approximate surface area is 179 Å². The molecule has 4 rings (SSSR count). The van der Waals surface area contributed by atoms with Crippen molar-refractivity contribution in [2.45, 2.75) is 6.54 Å². The normalized spacial score (nSPS) is 16.9. The number of benzene rings is 1. The molecule has 30 heavy (non-hydrogen) atoms. The Kier molecular flexibility index (Phi) is 5.87. The van der Waals surface area contributed by atoms with Crippen molar-refractivity contribution >= 4 is 52.2 Å². The number of carbonyl (C=O) groups is 1. The molecule has 0 radical (unpaired) electrons. The zero-order valence-electron chi connectivity index (χ0n) is 15.4. The molecular formula is C20H14N4O4S2. The summed E-state index contributed by atoms with van der Waals surface area (Å²) in [5.74, 6) is 0.461. The SMILES string of the molecule is O=C1/C(=C/c2cccs2)S/C(=N/N=C\c2ccc([N+](=O)[O-])cc2)N1Cc1ccco1. The number of non-ortho nitro benzene ring substituents is 1. The number of carbonyl (C=O) groups excluding carboxylic acids is 1. The van der Waals surface area contributed by atoms with Crippen LogP contribution in [-0.4, -0.2) is 27.1 Å². The standard InChI is InChI=1S/C20H14N4O4S2/c25-19-18(11-17-4-2-10-29-17)30-20(23(19)13-16-3-1-9-28-16)22-21-12-14-5-7-15(8-6-14)24(26)27/h1-12H,13H2/b18-11-,21-12-,22-20+. The number of thioether (sulfide) groups is 1. The quantitative estimate of drug-likeness (QED) is 0.239. The Morgan fingerprint density at radius 3 is 2.67 bits per heavy atom. The van der Waals surface area contributed by atoms with Crippen LogP contribution in [0.3, 0.4) is 0 Å². The van der Waals surface area contributed by atoms with Crippen LogP contribution in [0.2, 0.25) is 0 Å². The molecule has 0 N–H and O–H groups in total. The minimum absolute atomic E-state index is 0.00314. The number of amidine groups is 1. The minimum Gasteiger partial charge on any atom is -0.467 e. The average molecular weight is 438 g/mol. The summed E-state index contributed by atoms with van der Waals surface area (Å²) in [6.45, 7) is 0.243. The van der Waals surface area contributed by atoms with E-state index in [4.69, 9.17) is 4.42 Å². The number of thiophene rings is 1. The molecule has 1 saturated heterocycles. The maximum absolute atomic E-state index is 12.9. The van der Waals surface area contributed by atoms with Crippen LogP contribution < -0.4 is 0 Å². The molecule has 0 unspecified atom stereocenters. The highest BCUT2D eigenvalue weighted by molar-refractivity contribution is 8.18. The first kappa shape index (κ1) is 19.8. The fraction of sp³-hybridized carbons (Fsp3) is 0.0500. The number of nitro groups is 1. The fourth-order valence-corrected chi connectivity index (χ4v) is 4.27. The van der Waals surface area contributed by atoms with E-state index in [1.165, 1.54) is 35.0 Å². The van der Waals surface area contributed by atoms with Gasteiger partial charge in [0.1, 0.15) is 5.76 Å². The molecule has 0 bridgehead atoms. The monoisotopic (exact) mass is 438 g/mol. The third-order valence-electron chi connectivity index (χ3n) is 4.05. The first-order valence-electron chi connectivity index (χ1n) is 8.73. The molecule has 1 fully saturated rings. The van der Waals surface area contributed by atoms with Gasteiger partial charge in [0.15, 0.2) is 5.17 Å². The van der Waals surface area contributed by atoms with Gasteiger partial charge >= 0.3 is 0 Å². The van der Waals surface area contributed by atoms with Crippen molar-refractivity contribution in [1.82, 2.24) is 4.90 Å². The second-order valence-corrected chi connectivity index (χ2v) is 8.06. The number of nitrogens with zero attached hydrogens (tertiary/aromatic N) is 4. The lowest BCUT2D eigenvalue weighted by Gasteiger charge is -2.12. The van der Waals surface area contributed by atoms with Crippen molar-refractivity contribution in [2.75, 3.05) is 0 Å². The van der Waals surface area contributed by atoms with Crippen LogP contribution in [0, 0.1) is 10.1 Å². The Morgan fingerprint density at radius 1 is 1.17 bits per heavy atom. The molecule has 0 spiro atoms. The van der Waals surface area contributed by atoms with E-state index in [-0.39, 0.29) is 18.1 Å². The van der Waals surface area contributed by atoms with Gasteiger partial charge in [-0.1, -0.05) is 6.07 Å². The molecule has 8 nitrogen and oxygen atoms in total. The Hall–Kier alpha value is -3.50. The number of hydrogen-bond donors (Lipinski definition) is 0. The van der Waals surface area contributed by atoms with Crippen molar-refractivity contribution in [2.24, 2.45) is 10.2 Å². The summed E-state index contributed by atoms with van der Waals surface area (Å²) in [5, 5.41) is 21.4. The molecule has 3 aromatic rings. The van der Waals surface area contributed by atoms with Gasteiger partial charge in [0, 0.05) is 17.0 Å². The lowest BCUT2D eigenvalue weighted by molar-refractivity contribution is -0.384. The minimum atomic E-state index is -0.462. The van der Waals surface area contributed by atoms with Crippen molar-refractivity contribution in [3.05, 3.63) is 91.4 Å². The summed E-state index contributed by atoms with van der Waals surface area (Å²) < 4.78 is 5.37. The number of hydrogen-bond acceptors (Lipinski definition) is 8. The molecule has 10 heteroatoms. The zero-order chi connectivity index (χ0) is 20.9. The first-order valence-corrected chi connectivity index (χ1v) is 10.4. The lowest BCUT2D eigenvalue weighted by Crippen LogP contribution is -2.28. The molecule has 0 atom stereocenters. The molecule has 2 aromatic heterocycles. The topological polar surface area (TPSA) is 101 Å². The van der Waals surface area contributed by atoms with Gasteiger partial charge in [0.05, 0.1) is 28.9 Å². The Balaban J connectivity index is 1.57. The van der Waals surface area contributed by atoms with Crippen molar-refractivity contribution in [3.63, 3.8) is 0 Å². The van der Waals surface area contributed by atoms with Crippen LogP contribution in [-0.2, 0) is 11.3 Å². The molecule has 1 aliphatic heterocycles. The summed E-state index contributed by atoms with van der Waals surface area (Å²) >= 11 is 2.78. The van der Waals surface area contributed by atoms with Gasteiger partial charge in [-0.2, -0.15) is 5.10 Å². The second kappa shape index (κ2) is 8.89. The third kappa shape index (κ3) is 4.56. The van der Waals surface area contributed by atoms with Gasteiger partial charge in [-0.3, -0.25) is 19.8 Å². The summed E-state index contributed by atoms with van der Waals surface area (Å²) in [6.07, 6.45) is 4.86. The molecule has 1 aromatic carbocycles. The van der Waals surface area contributed by atoms with Gasteiger partial charge in [-0.25, -0.2) is 0 Å². The Morgan fingerprint density at radius 2 is 2.00 bits per heavy atom. The van der Waals surface area contributed by atoms with Crippen molar-refractivity contribution in [3.8, 4) is 0 Å². The van der Waals surface area contributed by atoms with Crippen molar-refractivity contribution < 1.29 is 14.1 Å². The van der Waals surface area contributed by atoms with E-state index >= 15 is 0 Å². The average Bonchev–Trinajstić information content (AvgIpc) is 3.49. The third-order valence-corrected chi connectivity index (χ3v) is 5.87. The number of rotatable bonds is 6. The van der Waals surface area contributed by atoms with Crippen LogP contribution >= 0.6 is 23.1 Å².